The number of nitrogens with zero attached hydrogens (tertiary/aromatic N) is 5. The highest BCUT2D eigenvalue weighted by molar-refractivity contribution is 5.89. The van der Waals surface area contributed by atoms with Crippen molar-refractivity contribution < 1.29 is 9.59 Å². The normalized spacial score (nSPS) is 26.1. The molecule has 2 saturated heterocycles. The van der Waals surface area contributed by atoms with Gasteiger partial charge in [0.05, 0.1) is 12.0 Å². The third kappa shape index (κ3) is 2.97. The van der Waals surface area contributed by atoms with Gasteiger partial charge in [0.25, 0.3) is 0 Å². The van der Waals surface area contributed by atoms with Crippen LogP contribution in [0.2, 0.25) is 0 Å². The molecule has 0 unspecified atom stereocenters. The minimum absolute atomic E-state index is 0.0978. The molecule has 1 aromatic heterocycles. The van der Waals surface area contributed by atoms with Crippen LogP contribution in [-0.2, 0) is 16.6 Å². The van der Waals surface area contributed by atoms with Gasteiger partial charge in [-0.1, -0.05) is 0 Å². The number of carbonyl (C=O) groups is 2. The van der Waals surface area contributed by atoms with Crippen LogP contribution in [0, 0.1) is 5.92 Å². The van der Waals surface area contributed by atoms with Gasteiger partial charge in [-0.3, -0.25) is 14.5 Å². The lowest BCUT2D eigenvalue weighted by Crippen LogP contribution is -2.51. The highest BCUT2D eigenvalue weighted by atomic mass is 16.2. The molecule has 23 heavy (non-hydrogen) atoms. The van der Waals surface area contributed by atoms with Gasteiger partial charge < -0.3 is 14.4 Å². The van der Waals surface area contributed by atoms with Crippen molar-refractivity contribution in [2.45, 2.75) is 19.4 Å². The molecule has 0 saturated carbocycles. The summed E-state index contributed by atoms with van der Waals surface area (Å²) in [6.07, 6.45) is 4.07. The predicted octanol–water partition coefficient (Wildman–Crippen LogP) is 0.104. The summed E-state index contributed by atoms with van der Waals surface area (Å²) in [5, 5.41) is 0. The molecule has 2 aliphatic rings. The van der Waals surface area contributed by atoms with Gasteiger partial charge in [0.2, 0.25) is 11.8 Å². The van der Waals surface area contributed by atoms with Crippen LogP contribution in [-0.4, -0.2) is 75.8 Å². The molecule has 0 aromatic carbocycles. The second-order valence-electron chi connectivity index (χ2n) is 6.51. The lowest BCUT2D eigenvalue weighted by Gasteiger charge is -2.39. The molecule has 0 bridgehead atoms. The Bertz CT molecular complexity index is 599. The van der Waals surface area contributed by atoms with Gasteiger partial charge in [-0.2, -0.15) is 0 Å². The molecule has 1 aromatic rings. The first-order valence-corrected chi connectivity index (χ1v) is 8.25. The Hall–Kier alpha value is -1.89. The molecule has 2 fully saturated rings. The largest absolute Gasteiger partial charge is 0.342 e. The van der Waals surface area contributed by atoms with E-state index in [1.54, 1.807) is 11.1 Å². The summed E-state index contributed by atoms with van der Waals surface area (Å²) >= 11 is 0. The lowest BCUT2D eigenvalue weighted by atomic mass is 10.0. The lowest BCUT2D eigenvalue weighted by molar-refractivity contribution is -0.138. The number of amides is 2. The van der Waals surface area contributed by atoms with E-state index in [-0.39, 0.29) is 23.8 Å². The van der Waals surface area contributed by atoms with Crippen LogP contribution >= 0.6 is 0 Å². The van der Waals surface area contributed by atoms with Gasteiger partial charge in [0.1, 0.15) is 5.82 Å². The molecule has 7 nitrogen and oxygen atoms in total. The van der Waals surface area contributed by atoms with Crippen LogP contribution in [0.5, 0.6) is 0 Å². The van der Waals surface area contributed by atoms with Gasteiger partial charge in [-0.25, -0.2) is 4.98 Å². The van der Waals surface area contributed by atoms with Gasteiger partial charge in [-0.15, -0.1) is 0 Å². The number of likely N-dealkylation sites (tertiary alicyclic amines) is 1. The fourth-order valence-corrected chi connectivity index (χ4v) is 3.55. The van der Waals surface area contributed by atoms with E-state index in [9.17, 15) is 9.59 Å². The zero-order chi connectivity index (χ0) is 16.6. The summed E-state index contributed by atoms with van der Waals surface area (Å²) in [6.45, 7) is 5.37. The summed E-state index contributed by atoms with van der Waals surface area (Å²) < 4.78 is 2.01. The number of likely N-dealkylation sites (N-methyl/N-ethyl adjacent to an activating group) is 1. The standard InChI is InChI=1S/C16H25N5O2/c1-4-20-10-12(9-14(20)22)16(23)21-8-7-18(2)13(11-21)15-17-5-6-19(15)3/h5-6,12-13H,4,7-11H2,1-3H3/t12-,13-/m1/s1. The van der Waals surface area contributed by atoms with Gasteiger partial charge >= 0.3 is 0 Å². The first-order chi connectivity index (χ1) is 11.0. The Kier molecular flexibility index (Phi) is 4.39. The summed E-state index contributed by atoms with van der Waals surface area (Å²) in [5.74, 6) is 0.998. The van der Waals surface area contributed by atoms with E-state index in [0.29, 0.717) is 32.6 Å². The quantitative estimate of drug-likeness (QED) is 0.793. The molecular formula is C16H25N5O2. The first-order valence-electron chi connectivity index (χ1n) is 8.25. The molecule has 126 valence electrons. The highest BCUT2D eigenvalue weighted by Gasteiger charge is 2.38. The number of hydrogen-bond acceptors (Lipinski definition) is 4. The molecule has 0 spiro atoms. The highest BCUT2D eigenvalue weighted by Crippen LogP contribution is 2.26. The molecule has 0 N–H and O–H groups in total. The smallest absolute Gasteiger partial charge is 0.228 e. The Labute approximate surface area is 136 Å². The number of rotatable bonds is 3. The number of aryl methyl sites for hydroxylation is 1. The van der Waals surface area contributed by atoms with Crippen LogP contribution < -0.4 is 0 Å². The predicted molar refractivity (Wildman–Crippen MR) is 85.5 cm³/mol. The van der Waals surface area contributed by atoms with Gasteiger partial charge in [-0.05, 0) is 14.0 Å². The van der Waals surface area contributed by atoms with Gasteiger partial charge in [0, 0.05) is 58.6 Å². The van der Waals surface area contributed by atoms with E-state index < -0.39 is 0 Å². The fourth-order valence-electron chi connectivity index (χ4n) is 3.55. The van der Waals surface area contributed by atoms with Crippen LogP contribution in [0.3, 0.4) is 0 Å². The van der Waals surface area contributed by atoms with Crippen LogP contribution in [0.25, 0.3) is 0 Å². The minimum Gasteiger partial charge on any atom is -0.342 e. The van der Waals surface area contributed by atoms with Crippen molar-refractivity contribution >= 4 is 11.8 Å². The topological polar surface area (TPSA) is 61.7 Å². The summed E-state index contributed by atoms with van der Waals surface area (Å²) in [7, 11) is 4.05. The average Bonchev–Trinajstić information content (AvgIpc) is 3.13. The number of piperazine rings is 1. The monoisotopic (exact) mass is 319 g/mol. The molecule has 3 rings (SSSR count). The summed E-state index contributed by atoms with van der Waals surface area (Å²) in [6, 6.07) is 0.104. The van der Waals surface area contributed by atoms with Crippen molar-refractivity contribution in [2.75, 3.05) is 39.8 Å². The third-order valence-electron chi connectivity index (χ3n) is 5.06. The van der Waals surface area contributed by atoms with Gasteiger partial charge in [0.15, 0.2) is 0 Å². The average molecular weight is 319 g/mol. The van der Waals surface area contributed by atoms with E-state index in [1.807, 2.05) is 29.6 Å². The minimum atomic E-state index is -0.187. The fraction of sp³-hybridized carbons (Fsp3) is 0.688. The Morgan fingerprint density at radius 2 is 2.09 bits per heavy atom. The summed E-state index contributed by atoms with van der Waals surface area (Å²) in [5.41, 5.74) is 0. The van der Waals surface area contributed by atoms with E-state index in [0.717, 1.165) is 12.4 Å². The van der Waals surface area contributed by atoms with E-state index in [2.05, 4.69) is 16.9 Å². The van der Waals surface area contributed by atoms with Crippen molar-refractivity contribution in [1.29, 1.82) is 0 Å². The van der Waals surface area contributed by atoms with Crippen molar-refractivity contribution in [3.8, 4) is 0 Å². The maximum atomic E-state index is 12.8. The van der Waals surface area contributed by atoms with E-state index in [4.69, 9.17) is 0 Å². The van der Waals surface area contributed by atoms with Crippen molar-refractivity contribution in [1.82, 2.24) is 24.3 Å². The first kappa shape index (κ1) is 16.0. The number of hydrogen-bond donors (Lipinski definition) is 0. The number of aromatic nitrogens is 2. The second-order valence-corrected chi connectivity index (χ2v) is 6.51. The molecule has 0 aliphatic carbocycles. The maximum absolute atomic E-state index is 12.8. The maximum Gasteiger partial charge on any atom is 0.228 e. The zero-order valence-electron chi connectivity index (χ0n) is 14.1. The molecule has 7 heteroatoms. The zero-order valence-corrected chi connectivity index (χ0v) is 14.1. The number of carbonyl (C=O) groups excluding carboxylic acids is 2. The summed E-state index contributed by atoms with van der Waals surface area (Å²) in [4.78, 5) is 35.1. The van der Waals surface area contributed by atoms with Crippen LogP contribution in [0.4, 0.5) is 0 Å². The Morgan fingerprint density at radius 3 is 2.70 bits per heavy atom. The van der Waals surface area contributed by atoms with Crippen LogP contribution in [0.15, 0.2) is 12.4 Å². The Balaban J connectivity index is 1.70. The molecule has 2 amide bonds. The van der Waals surface area contributed by atoms with Crippen molar-refractivity contribution in [3.05, 3.63) is 18.2 Å². The van der Waals surface area contributed by atoms with Crippen molar-refractivity contribution in [2.24, 2.45) is 13.0 Å². The van der Waals surface area contributed by atoms with E-state index in [1.165, 1.54) is 0 Å². The Morgan fingerprint density at radius 1 is 1.30 bits per heavy atom. The molecule has 0 radical (unpaired) electrons. The number of imidazole rings is 1. The molecule has 2 atom stereocenters. The van der Waals surface area contributed by atoms with E-state index >= 15 is 0 Å². The molecule has 2 aliphatic heterocycles. The molecule has 3 heterocycles. The van der Waals surface area contributed by atoms with Crippen molar-refractivity contribution in [3.63, 3.8) is 0 Å². The molecular weight excluding hydrogens is 294 g/mol. The second kappa shape index (κ2) is 6.31. The SMILES string of the molecule is CCN1C[C@H](C(=O)N2CCN(C)[C@@H](c3nccn3C)C2)CC1=O. The third-order valence-corrected chi connectivity index (χ3v) is 5.06. The van der Waals surface area contributed by atoms with Crippen LogP contribution in [0.1, 0.15) is 25.2 Å².